The molecule has 1 heterocycles. The highest BCUT2D eigenvalue weighted by Gasteiger charge is 2.33. The fourth-order valence-corrected chi connectivity index (χ4v) is 2.84. The van der Waals surface area contributed by atoms with Gasteiger partial charge in [-0.25, -0.2) is 0 Å². The van der Waals surface area contributed by atoms with E-state index < -0.39 is 0 Å². The summed E-state index contributed by atoms with van der Waals surface area (Å²) < 4.78 is -0.318. The Labute approximate surface area is 101 Å². The lowest BCUT2D eigenvalue weighted by atomic mass is 10.2. The summed E-state index contributed by atoms with van der Waals surface area (Å²) in [7, 11) is 0. The van der Waals surface area contributed by atoms with Gasteiger partial charge in [0.15, 0.2) is 0 Å². The molecule has 0 aliphatic carbocycles. The second-order valence-electron chi connectivity index (χ2n) is 3.44. The van der Waals surface area contributed by atoms with Gasteiger partial charge in [-0.15, -0.1) is 11.8 Å². The zero-order valence-corrected chi connectivity index (χ0v) is 10.7. The van der Waals surface area contributed by atoms with Gasteiger partial charge in [-0.3, -0.25) is 4.79 Å². The van der Waals surface area contributed by atoms with Gasteiger partial charge >= 0.3 is 0 Å². The highest BCUT2D eigenvalue weighted by Crippen LogP contribution is 2.37. The van der Waals surface area contributed by atoms with Crippen LogP contribution in [0.4, 0.5) is 5.69 Å². The lowest BCUT2D eigenvalue weighted by Gasteiger charge is -2.16. The molecule has 1 aliphatic rings. The van der Waals surface area contributed by atoms with Crippen LogP contribution in [0.3, 0.4) is 0 Å². The SMILES string of the molecule is CC1(I)CSc2ccccc2NC1=O. The third-order valence-electron chi connectivity index (χ3n) is 2.11. The van der Waals surface area contributed by atoms with E-state index in [1.165, 1.54) is 0 Å². The summed E-state index contributed by atoms with van der Waals surface area (Å²) in [6, 6.07) is 7.92. The molecule has 1 aliphatic heterocycles. The van der Waals surface area contributed by atoms with Crippen LogP contribution in [0.5, 0.6) is 0 Å². The van der Waals surface area contributed by atoms with Crippen LogP contribution in [0, 0.1) is 0 Å². The molecule has 0 aromatic heterocycles. The molecule has 2 nitrogen and oxygen atoms in total. The number of amides is 1. The Bertz CT molecular complexity index is 378. The van der Waals surface area contributed by atoms with Gasteiger partial charge in [-0.2, -0.15) is 0 Å². The molecule has 0 spiro atoms. The van der Waals surface area contributed by atoms with E-state index in [2.05, 4.69) is 27.9 Å². The minimum absolute atomic E-state index is 0.0931. The Hall–Kier alpha value is -0.230. The minimum atomic E-state index is -0.318. The van der Waals surface area contributed by atoms with Crippen LogP contribution in [0.2, 0.25) is 0 Å². The van der Waals surface area contributed by atoms with Gasteiger partial charge in [0, 0.05) is 10.6 Å². The number of benzene rings is 1. The number of halogens is 1. The van der Waals surface area contributed by atoms with Crippen molar-refractivity contribution in [1.82, 2.24) is 0 Å². The Balaban J connectivity index is 2.38. The van der Waals surface area contributed by atoms with Gasteiger partial charge in [0.25, 0.3) is 0 Å². The molecule has 4 heteroatoms. The number of fused-ring (bicyclic) bond motifs is 1. The minimum Gasteiger partial charge on any atom is -0.324 e. The van der Waals surface area contributed by atoms with E-state index in [1.807, 2.05) is 31.2 Å². The maximum atomic E-state index is 11.8. The number of anilines is 1. The van der Waals surface area contributed by atoms with E-state index in [1.54, 1.807) is 11.8 Å². The fraction of sp³-hybridized carbons (Fsp3) is 0.300. The predicted octanol–water partition coefficient (Wildman–Crippen LogP) is 2.92. The van der Waals surface area contributed by atoms with Crippen molar-refractivity contribution in [3.8, 4) is 0 Å². The highest BCUT2D eigenvalue weighted by molar-refractivity contribution is 14.1. The van der Waals surface area contributed by atoms with E-state index in [0.717, 1.165) is 16.3 Å². The highest BCUT2D eigenvalue weighted by atomic mass is 127. The molecule has 0 fully saturated rings. The van der Waals surface area contributed by atoms with Crippen molar-refractivity contribution in [3.05, 3.63) is 24.3 Å². The van der Waals surface area contributed by atoms with Crippen molar-refractivity contribution in [2.45, 2.75) is 15.2 Å². The number of rotatable bonds is 0. The molecule has 1 amide bonds. The summed E-state index contributed by atoms with van der Waals surface area (Å²) in [5.41, 5.74) is 0.933. The molecule has 0 radical (unpaired) electrons. The van der Waals surface area contributed by atoms with Gasteiger partial charge in [0.2, 0.25) is 5.91 Å². The van der Waals surface area contributed by atoms with Crippen molar-refractivity contribution in [3.63, 3.8) is 0 Å². The zero-order valence-electron chi connectivity index (χ0n) is 7.71. The van der Waals surface area contributed by atoms with Crippen LogP contribution in [0.15, 0.2) is 29.2 Å². The van der Waals surface area contributed by atoms with E-state index in [4.69, 9.17) is 0 Å². The number of nitrogens with one attached hydrogen (secondary N) is 1. The maximum absolute atomic E-state index is 11.8. The van der Waals surface area contributed by atoms with Crippen molar-refractivity contribution in [1.29, 1.82) is 0 Å². The van der Waals surface area contributed by atoms with Gasteiger partial charge < -0.3 is 5.32 Å². The predicted molar refractivity (Wildman–Crippen MR) is 68.2 cm³/mol. The maximum Gasteiger partial charge on any atom is 0.241 e. The quantitative estimate of drug-likeness (QED) is 0.588. The van der Waals surface area contributed by atoms with E-state index in [9.17, 15) is 4.79 Å². The zero-order chi connectivity index (χ0) is 10.2. The summed E-state index contributed by atoms with van der Waals surface area (Å²) in [6.45, 7) is 1.96. The average molecular weight is 319 g/mol. The Morgan fingerprint density at radius 2 is 2.21 bits per heavy atom. The molecule has 1 atom stereocenters. The number of hydrogen-bond acceptors (Lipinski definition) is 2. The Morgan fingerprint density at radius 3 is 3.00 bits per heavy atom. The van der Waals surface area contributed by atoms with Crippen LogP contribution >= 0.6 is 34.4 Å². The van der Waals surface area contributed by atoms with Gasteiger partial charge in [-0.05, 0) is 19.1 Å². The molecular formula is C10H10INOS. The number of alkyl halides is 1. The summed E-state index contributed by atoms with van der Waals surface area (Å²) in [5.74, 6) is 0.909. The molecule has 0 saturated carbocycles. The van der Waals surface area contributed by atoms with Crippen molar-refractivity contribution >= 4 is 45.9 Å². The Morgan fingerprint density at radius 1 is 1.50 bits per heavy atom. The second-order valence-corrected chi connectivity index (χ2v) is 6.83. The lowest BCUT2D eigenvalue weighted by Crippen LogP contribution is -2.35. The molecular weight excluding hydrogens is 309 g/mol. The van der Waals surface area contributed by atoms with Gasteiger partial charge in [0.05, 0.1) is 5.69 Å². The number of para-hydroxylation sites is 1. The molecule has 0 saturated heterocycles. The van der Waals surface area contributed by atoms with Crippen LogP contribution in [-0.2, 0) is 4.79 Å². The summed E-state index contributed by atoms with van der Waals surface area (Å²) in [5, 5.41) is 2.95. The van der Waals surface area contributed by atoms with Crippen molar-refractivity contribution in [2.75, 3.05) is 11.1 Å². The first kappa shape index (κ1) is 10.3. The third kappa shape index (κ3) is 1.91. The van der Waals surface area contributed by atoms with Gasteiger partial charge in [0.1, 0.15) is 3.42 Å². The summed E-state index contributed by atoms with van der Waals surface area (Å²) in [6.07, 6.45) is 0. The summed E-state index contributed by atoms with van der Waals surface area (Å²) >= 11 is 3.94. The van der Waals surface area contributed by atoms with Crippen molar-refractivity contribution < 1.29 is 4.79 Å². The first-order valence-electron chi connectivity index (χ1n) is 4.32. The van der Waals surface area contributed by atoms with E-state index in [-0.39, 0.29) is 9.33 Å². The molecule has 1 aromatic rings. The number of hydrogen-bond donors (Lipinski definition) is 1. The molecule has 1 unspecified atom stereocenters. The summed E-state index contributed by atoms with van der Waals surface area (Å²) in [4.78, 5) is 12.9. The number of thioether (sulfide) groups is 1. The van der Waals surface area contributed by atoms with E-state index in [0.29, 0.717) is 0 Å². The van der Waals surface area contributed by atoms with Crippen LogP contribution in [-0.4, -0.2) is 15.1 Å². The smallest absolute Gasteiger partial charge is 0.241 e. The standard InChI is InChI=1S/C10H10INOS/c1-10(11)6-14-8-5-3-2-4-7(8)12-9(10)13/h2-5H,6H2,1H3,(H,12,13). The largest absolute Gasteiger partial charge is 0.324 e. The topological polar surface area (TPSA) is 29.1 Å². The van der Waals surface area contributed by atoms with E-state index >= 15 is 0 Å². The molecule has 74 valence electrons. The van der Waals surface area contributed by atoms with Gasteiger partial charge in [-0.1, -0.05) is 34.7 Å². The van der Waals surface area contributed by atoms with Crippen LogP contribution < -0.4 is 5.32 Å². The lowest BCUT2D eigenvalue weighted by molar-refractivity contribution is -0.117. The second kappa shape index (κ2) is 3.73. The molecule has 2 rings (SSSR count). The number of carbonyl (C=O) groups excluding carboxylic acids is 1. The molecule has 0 bridgehead atoms. The molecule has 1 aromatic carbocycles. The number of carbonyl (C=O) groups is 1. The normalized spacial score (nSPS) is 26.3. The van der Waals surface area contributed by atoms with Crippen LogP contribution in [0.25, 0.3) is 0 Å². The first-order chi connectivity index (χ1) is 6.59. The average Bonchev–Trinajstić information content (AvgIpc) is 2.26. The Kier molecular flexibility index (Phi) is 2.74. The first-order valence-corrected chi connectivity index (χ1v) is 6.38. The molecule has 14 heavy (non-hydrogen) atoms. The molecule has 1 N–H and O–H groups in total. The van der Waals surface area contributed by atoms with Crippen LogP contribution in [0.1, 0.15) is 6.92 Å². The van der Waals surface area contributed by atoms with Crippen molar-refractivity contribution in [2.24, 2.45) is 0 Å². The fourth-order valence-electron chi connectivity index (χ4n) is 1.23. The third-order valence-corrected chi connectivity index (χ3v) is 4.89. The monoisotopic (exact) mass is 319 g/mol.